The van der Waals surface area contributed by atoms with Crippen molar-refractivity contribution in [1.82, 2.24) is 10.2 Å². The first kappa shape index (κ1) is 12.8. The molecule has 0 aromatic carbocycles. The van der Waals surface area contributed by atoms with Crippen LogP contribution in [0.3, 0.4) is 0 Å². The molecule has 0 spiro atoms. The van der Waals surface area contributed by atoms with Gasteiger partial charge in [0.2, 0.25) is 0 Å². The van der Waals surface area contributed by atoms with Gasteiger partial charge in [-0.15, -0.1) is 0 Å². The van der Waals surface area contributed by atoms with Crippen molar-refractivity contribution in [2.45, 2.75) is 32.4 Å². The Kier molecular flexibility index (Phi) is 3.74. The molecule has 0 saturated carbocycles. The molecule has 1 aliphatic heterocycles. The third-order valence-electron chi connectivity index (χ3n) is 2.48. The Hall–Kier alpha value is -1.30. The molecule has 1 fully saturated rings. The van der Waals surface area contributed by atoms with Crippen molar-refractivity contribution in [2.24, 2.45) is 0 Å². The number of carbonyl (C=O) groups is 2. The summed E-state index contributed by atoms with van der Waals surface area (Å²) in [5.74, 6) is -1.05. The van der Waals surface area contributed by atoms with Gasteiger partial charge < -0.3 is 20.1 Å². The average Bonchev–Trinajstić information content (AvgIpc) is 2.16. The minimum absolute atomic E-state index is 0.00700. The van der Waals surface area contributed by atoms with Crippen LogP contribution in [0.15, 0.2) is 0 Å². The number of hydrogen-bond donors (Lipinski definition) is 2. The summed E-state index contributed by atoms with van der Waals surface area (Å²) < 4.78 is 5.30. The predicted octanol–water partition coefficient (Wildman–Crippen LogP) is 0.280. The molecule has 0 aromatic rings. The van der Waals surface area contributed by atoms with Gasteiger partial charge >= 0.3 is 12.0 Å². The van der Waals surface area contributed by atoms with Crippen LogP contribution in [0.1, 0.15) is 20.8 Å². The van der Waals surface area contributed by atoms with Gasteiger partial charge in [0.15, 0.2) is 0 Å². The standard InChI is InChI=1S/C10H18N2O4/c1-7-6-12(4-5-16-7)9(15)11-10(2,3)8(13)14/h7H,4-6H2,1-3H3,(H,11,15)(H,13,14). The van der Waals surface area contributed by atoms with Crippen molar-refractivity contribution in [3.8, 4) is 0 Å². The summed E-state index contributed by atoms with van der Waals surface area (Å²) in [4.78, 5) is 24.2. The predicted molar refractivity (Wildman–Crippen MR) is 57.2 cm³/mol. The largest absolute Gasteiger partial charge is 0.480 e. The number of rotatable bonds is 2. The Balaban J connectivity index is 2.55. The zero-order valence-corrected chi connectivity index (χ0v) is 9.82. The third kappa shape index (κ3) is 3.10. The van der Waals surface area contributed by atoms with Crippen molar-refractivity contribution in [3.05, 3.63) is 0 Å². The lowest BCUT2D eigenvalue weighted by Crippen LogP contribution is -2.57. The fourth-order valence-electron chi connectivity index (χ4n) is 1.40. The molecule has 0 radical (unpaired) electrons. The highest BCUT2D eigenvalue weighted by Gasteiger charge is 2.32. The first-order valence-electron chi connectivity index (χ1n) is 5.25. The molecular formula is C10H18N2O4. The molecule has 2 N–H and O–H groups in total. The topological polar surface area (TPSA) is 78.9 Å². The van der Waals surface area contributed by atoms with Crippen LogP contribution in [0.4, 0.5) is 4.79 Å². The van der Waals surface area contributed by atoms with Crippen molar-refractivity contribution in [3.63, 3.8) is 0 Å². The second-order valence-electron chi connectivity index (χ2n) is 4.49. The van der Waals surface area contributed by atoms with Crippen LogP contribution in [-0.2, 0) is 9.53 Å². The van der Waals surface area contributed by atoms with Crippen LogP contribution in [0, 0.1) is 0 Å². The molecule has 0 aromatic heterocycles. The molecule has 1 heterocycles. The molecule has 1 aliphatic rings. The Morgan fingerprint density at radius 2 is 2.12 bits per heavy atom. The minimum Gasteiger partial charge on any atom is -0.480 e. The van der Waals surface area contributed by atoms with Crippen LogP contribution in [0.5, 0.6) is 0 Å². The van der Waals surface area contributed by atoms with E-state index in [2.05, 4.69) is 5.32 Å². The van der Waals surface area contributed by atoms with E-state index in [-0.39, 0.29) is 12.1 Å². The maximum Gasteiger partial charge on any atom is 0.328 e. The van der Waals surface area contributed by atoms with Crippen molar-refractivity contribution < 1.29 is 19.4 Å². The highest BCUT2D eigenvalue weighted by Crippen LogP contribution is 2.07. The molecule has 0 aliphatic carbocycles. The molecule has 6 nitrogen and oxygen atoms in total. The van der Waals surface area contributed by atoms with E-state index in [9.17, 15) is 9.59 Å². The highest BCUT2D eigenvalue weighted by atomic mass is 16.5. The Morgan fingerprint density at radius 3 is 2.62 bits per heavy atom. The number of aliphatic carboxylic acids is 1. The van der Waals surface area contributed by atoms with Gasteiger partial charge in [0.25, 0.3) is 0 Å². The quantitative estimate of drug-likeness (QED) is 0.714. The first-order chi connectivity index (χ1) is 7.33. The Morgan fingerprint density at radius 1 is 1.50 bits per heavy atom. The Bertz CT molecular complexity index is 291. The van der Waals surface area contributed by atoms with Crippen LogP contribution in [0.25, 0.3) is 0 Å². The number of morpholine rings is 1. The zero-order chi connectivity index (χ0) is 12.3. The van der Waals surface area contributed by atoms with E-state index in [4.69, 9.17) is 9.84 Å². The van der Waals surface area contributed by atoms with Crippen molar-refractivity contribution in [2.75, 3.05) is 19.7 Å². The van der Waals surface area contributed by atoms with Gasteiger partial charge in [0.1, 0.15) is 5.54 Å². The highest BCUT2D eigenvalue weighted by molar-refractivity contribution is 5.85. The molecule has 1 saturated heterocycles. The van der Waals surface area contributed by atoms with Crippen LogP contribution >= 0.6 is 0 Å². The monoisotopic (exact) mass is 230 g/mol. The maximum absolute atomic E-state index is 11.8. The van der Waals surface area contributed by atoms with E-state index >= 15 is 0 Å². The molecule has 1 rings (SSSR count). The number of amides is 2. The number of nitrogens with zero attached hydrogens (tertiary/aromatic N) is 1. The van der Waals surface area contributed by atoms with Crippen LogP contribution in [-0.4, -0.2) is 53.3 Å². The van der Waals surface area contributed by atoms with E-state index in [1.807, 2.05) is 6.92 Å². The van der Waals surface area contributed by atoms with Crippen LogP contribution < -0.4 is 5.32 Å². The number of carbonyl (C=O) groups excluding carboxylic acids is 1. The lowest BCUT2D eigenvalue weighted by molar-refractivity contribution is -0.143. The molecule has 6 heteroatoms. The van der Waals surface area contributed by atoms with E-state index in [1.165, 1.54) is 13.8 Å². The fourth-order valence-corrected chi connectivity index (χ4v) is 1.40. The second-order valence-corrected chi connectivity index (χ2v) is 4.49. The van der Waals surface area contributed by atoms with Gasteiger partial charge in [-0.25, -0.2) is 9.59 Å². The lowest BCUT2D eigenvalue weighted by Gasteiger charge is -2.33. The number of carboxylic acids is 1. The van der Waals surface area contributed by atoms with Crippen LogP contribution in [0.2, 0.25) is 0 Å². The molecule has 0 bridgehead atoms. The van der Waals surface area contributed by atoms with E-state index in [0.717, 1.165) is 0 Å². The van der Waals surface area contributed by atoms with E-state index < -0.39 is 11.5 Å². The normalized spacial score (nSPS) is 21.7. The van der Waals surface area contributed by atoms with Gasteiger partial charge in [-0.3, -0.25) is 0 Å². The van der Waals surface area contributed by atoms with Gasteiger partial charge in [0.05, 0.1) is 12.7 Å². The molecule has 1 atom stereocenters. The number of carboxylic acid groups (broad SMARTS) is 1. The van der Waals surface area contributed by atoms with E-state index in [0.29, 0.717) is 19.7 Å². The number of nitrogens with one attached hydrogen (secondary N) is 1. The Labute approximate surface area is 94.6 Å². The molecular weight excluding hydrogens is 212 g/mol. The van der Waals surface area contributed by atoms with Crippen molar-refractivity contribution in [1.29, 1.82) is 0 Å². The van der Waals surface area contributed by atoms with Crippen molar-refractivity contribution >= 4 is 12.0 Å². The maximum atomic E-state index is 11.8. The van der Waals surface area contributed by atoms with Gasteiger partial charge in [0, 0.05) is 13.1 Å². The van der Waals surface area contributed by atoms with Gasteiger partial charge in [-0.1, -0.05) is 0 Å². The SMILES string of the molecule is CC1CN(C(=O)NC(C)(C)C(=O)O)CCO1. The second kappa shape index (κ2) is 4.69. The number of urea groups is 1. The fraction of sp³-hybridized carbons (Fsp3) is 0.800. The zero-order valence-electron chi connectivity index (χ0n) is 9.82. The molecule has 92 valence electrons. The first-order valence-corrected chi connectivity index (χ1v) is 5.25. The summed E-state index contributed by atoms with van der Waals surface area (Å²) in [5.41, 5.74) is -1.25. The summed E-state index contributed by atoms with van der Waals surface area (Å²) in [7, 11) is 0. The van der Waals surface area contributed by atoms with E-state index in [1.54, 1.807) is 4.90 Å². The third-order valence-corrected chi connectivity index (χ3v) is 2.48. The summed E-state index contributed by atoms with van der Waals surface area (Å²) in [6.07, 6.45) is -0.00700. The summed E-state index contributed by atoms with van der Waals surface area (Å²) in [6.45, 7) is 6.26. The molecule has 2 amide bonds. The average molecular weight is 230 g/mol. The smallest absolute Gasteiger partial charge is 0.328 e. The number of ether oxygens (including phenoxy) is 1. The summed E-state index contributed by atoms with van der Waals surface area (Å²) in [6, 6.07) is -0.359. The molecule has 1 unspecified atom stereocenters. The number of hydrogen-bond acceptors (Lipinski definition) is 3. The minimum atomic E-state index is -1.25. The lowest BCUT2D eigenvalue weighted by atomic mass is 10.1. The summed E-state index contributed by atoms with van der Waals surface area (Å²) in [5, 5.41) is 11.4. The summed E-state index contributed by atoms with van der Waals surface area (Å²) >= 11 is 0. The van der Waals surface area contributed by atoms with Gasteiger partial charge in [-0.2, -0.15) is 0 Å². The molecule has 16 heavy (non-hydrogen) atoms. The van der Waals surface area contributed by atoms with Gasteiger partial charge in [-0.05, 0) is 20.8 Å².